The Balaban J connectivity index is 0.000000112. The van der Waals surface area contributed by atoms with E-state index in [2.05, 4.69) is 160 Å². The number of carbonyl (C=O) groups is 1. The molecular formula is C83H69F4N23O4. The molecule has 11 N–H and O–H groups in total. The minimum absolute atomic E-state index is 0.262. The molecule has 568 valence electrons. The molecular weight excluding hydrogens is 1460 g/mol. The van der Waals surface area contributed by atoms with Crippen LogP contribution in [-0.4, -0.2) is 137 Å². The molecule has 0 saturated carbocycles. The van der Waals surface area contributed by atoms with Crippen molar-refractivity contribution >= 4 is 60.4 Å². The molecule has 0 spiro atoms. The number of nitrogens with one attached hydrogen (secondary N) is 9. The summed E-state index contributed by atoms with van der Waals surface area (Å²) in [5, 5.41) is 68.9. The molecule has 19 rings (SSSR count). The van der Waals surface area contributed by atoms with Crippen LogP contribution in [0.15, 0.2) is 231 Å². The summed E-state index contributed by atoms with van der Waals surface area (Å²) in [5.41, 5.74) is 23.7. The summed E-state index contributed by atoms with van der Waals surface area (Å²) in [6.07, 6.45) is 1.49. The van der Waals surface area contributed by atoms with Crippen LogP contribution in [0.4, 0.5) is 17.6 Å². The number of nitrogens with zero attached hydrogens (tertiary/aromatic N) is 13. The minimum atomic E-state index is -4.74. The first-order valence-corrected chi connectivity index (χ1v) is 36.0. The van der Waals surface area contributed by atoms with Gasteiger partial charge in [0.25, 0.3) is 0 Å². The lowest BCUT2D eigenvalue weighted by molar-refractivity contribution is -0.274. The van der Waals surface area contributed by atoms with Crippen LogP contribution in [0.2, 0.25) is 0 Å². The van der Waals surface area contributed by atoms with Crippen LogP contribution in [0.1, 0.15) is 49.4 Å². The monoisotopic (exact) mass is 1530 g/mol. The van der Waals surface area contributed by atoms with Crippen molar-refractivity contribution < 1.29 is 36.6 Å². The summed E-state index contributed by atoms with van der Waals surface area (Å²) in [6.45, 7) is 9.39. The quantitative estimate of drug-likeness (QED) is 0.0379. The number of aromatic amines is 9. The van der Waals surface area contributed by atoms with Crippen molar-refractivity contribution in [1.82, 2.24) is 112 Å². The van der Waals surface area contributed by atoms with E-state index in [-0.39, 0.29) is 11.6 Å². The predicted molar refractivity (Wildman–Crippen MR) is 425 cm³/mol. The number of ether oxygens (including phenoxy) is 3. The van der Waals surface area contributed by atoms with Gasteiger partial charge in [0.1, 0.15) is 53.6 Å². The second kappa shape index (κ2) is 33.3. The first-order chi connectivity index (χ1) is 55.6. The van der Waals surface area contributed by atoms with Gasteiger partial charge in [0.2, 0.25) is 5.91 Å². The van der Waals surface area contributed by atoms with E-state index in [1.807, 2.05) is 130 Å². The number of aromatic nitrogens is 22. The number of rotatable bonds is 17. The predicted octanol–water partition coefficient (Wildman–Crippen LogP) is 17.3. The Kier molecular flexibility index (Phi) is 21.6. The lowest BCUT2D eigenvalue weighted by atomic mass is 10.0. The number of aryl methyl sites for hydroxylation is 2. The summed E-state index contributed by atoms with van der Waals surface area (Å²) in [7, 11) is 0. The number of fused-ring (bicyclic) bond motifs is 5. The summed E-state index contributed by atoms with van der Waals surface area (Å²) in [6, 6.07) is 65.0. The van der Waals surface area contributed by atoms with Crippen LogP contribution in [-0.2, 0) is 12.8 Å². The van der Waals surface area contributed by atoms with Crippen LogP contribution >= 0.6 is 0 Å². The molecule has 1 amide bonds. The highest BCUT2D eigenvalue weighted by molar-refractivity contribution is 6.02. The summed E-state index contributed by atoms with van der Waals surface area (Å²) in [4.78, 5) is 28.3. The average molecular weight is 1530 g/mol. The number of nitrogens with two attached hydrogens (primary N) is 1. The van der Waals surface area contributed by atoms with E-state index in [4.69, 9.17) is 15.2 Å². The topological polar surface area (TPSA) is 380 Å². The fourth-order valence-corrected chi connectivity index (χ4v) is 12.7. The highest BCUT2D eigenvalue weighted by atomic mass is 19.4. The maximum absolute atomic E-state index is 13.1. The molecule has 31 heteroatoms. The lowest BCUT2D eigenvalue weighted by Crippen LogP contribution is -2.17. The number of benzene rings is 10. The molecule has 0 fully saturated rings. The van der Waals surface area contributed by atoms with Gasteiger partial charge in [-0.15, -0.1) is 13.2 Å². The van der Waals surface area contributed by atoms with Crippen molar-refractivity contribution in [3.63, 3.8) is 0 Å². The lowest BCUT2D eigenvalue weighted by Gasteiger charge is -2.09. The standard InChI is InChI=1S/C17H14FN5.C17H15N5O.C17H15N5.C16H10F3N5O.C16H15N3O2/c1-2-15-19-17(23-21-15)11-5-8-14-13(9-11)16(22-20-14)10-3-6-12(18)7-4-10;1-2-23-13-6-3-11(4-7-13)16-14-9-12(17-18-10-19-22-17)5-8-15(14)20-21-16;1-2-11-4-3-5-12(8-11)16-14-9-13(17-18-10-19-22-17)6-7-15(14)20-21-16;17-16(18,19)25-11-3-1-2-9(6-11)14-12-7-10(15-20-8-21-24-15)4-5-13(12)22-23-14;1-2-21-12-6-3-10(4-7-12)15-13-9-11(16(17)20)5-8-14(13)18-19-15/h3-9H,2H2,1H3,(H,20,22)(H,19,21,23);3-10H,2H2,1H3,(H,20,21)(H,18,19,22);3-10H,2H2,1H3,(H,20,21)(H,18,19,22);1-8H,(H,22,23)(H,20,21,24);3-9H,2H2,1H3,(H2,17,20)(H,18,19). The first-order valence-electron chi connectivity index (χ1n) is 36.0. The van der Waals surface area contributed by atoms with Crippen molar-refractivity contribution in [2.75, 3.05) is 13.2 Å². The van der Waals surface area contributed by atoms with E-state index < -0.39 is 12.3 Å². The molecule has 0 atom stereocenters. The Morgan fingerprint density at radius 3 is 1.16 bits per heavy atom. The normalized spacial score (nSPS) is 11.2. The molecule has 0 radical (unpaired) electrons. The maximum Gasteiger partial charge on any atom is 0.573 e. The Bertz CT molecular complexity index is 6450. The van der Waals surface area contributed by atoms with Crippen molar-refractivity contribution in [2.45, 2.75) is 46.9 Å². The zero-order valence-corrected chi connectivity index (χ0v) is 61.3. The van der Waals surface area contributed by atoms with Crippen molar-refractivity contribution in [1.29, 1.82) is 0 Å². The molecule has 0 bridgehead atoms. The van der Waals surface area contributed by atoms with Gasteiger partial charge in [-0.2, -0.15) is 45.9 Å². The summed E-state index contributed by atoms with van der Waals surface area (Å²) < 4.78 is 65.3. The zero-order chi connectivity index (χ0) is 78.7. The highest BCUT2D eigenvalue weighted by Gasteiger charge is 2.31. The molecule has 19 aromatic rings. The smallest absolute Gasteiger partial charge is 0.494 e. The number of carbonyl (C=O) groups excluding carboxylic acids is 1. The molecule has 27 nitrogen and oxygen atoms in total. The van der Waals surface area contributed by atoms with Gasteiger partial charge in [0.15, 0.2) is 23.3 Å². The van der Waals surface area contributed by atoms with Gasteiger partial charge in [-0.1, -0.05) is 44.2 Å². The van der Waals surface area contributed by atoms with Crippen LogP contribution < -0.4 is 19.9 Å². The number of H-pyrrole nitrogens is 9. The number of hydrogen-bond donors (Lipinski definition) is 10. The number of primary amides is 1. The van der Waals surface area contributed by atoms with E-state index in [1.165, 1.54) is 54.9 Å². The van der Waals surface area contributed by atoms with Crippen molar-refractivity contribution in [2.24, 2.45) is 5.73 Å². The zero-order valence-electron chi connectivity index (χ0n) is 61.3. The van der Waals surface area contributed by atoms with E-state index in [0.717, 1.165) is 164 Å². The highest BCUT2D eigenvalue weighted by Crippen LogP contribution is 2.37. The number of amides is 1. The van der Waals surface area contributed by atoms with Gasteiger partial charge in [0.05, 0.1) is 63.6 Å². The third-order valence-corrected chi connectivity index (χ3v) is 18.2. The van der Waals surface area contributed by atoms with Gasteiger partial charge >= 0.3 is 6.36 Å². The van der Waals surface area contributed by atoms with Gasteiger partial charge in [-0.3, -0.25) is 50.7 Å². The van der Waals surface area contributed by atoms with Gasteiger partial charge in [0, 0.05) is 89.0 Å². The van der Waals surface area contributed by atoms with Crippen molar-refractivity contribution in [3.8, 4) is 119 Å². The van der Waals surface area contributed by atoms with Gasteiger partial charge < -0.3 is 19.9 Å². The Labute approximate surface area is 644 Å². The molecule has 0 aliphatic rings. The Morgan fingerprint density at radius 1 is 0.377 bits per heavy atom. The Morgan fingerprint density at radius 2 is 0.763 bits per heavy atom. The molecule has 10 aromatic carbocycles. The van der Waals surface area contributed by atoms with E-state index >= 15 is 0 Å². The molecule has 0 saturated heterocycles. The Hall–Kier alpha value is -15.3. The van der Waals surface area contributed by atoms with Crippen LogP contribution in [0.3, 0.4) is 0 Å². The van der Waals surface area contributed by atoms with Crippen LogP contribution in [0, 0.1) is 5.82 Å². The largest absolute Gasteiger partial charge is 0.573 e. The maximum atomic E-state index is 13.1. The van der Waals surface area contributed by atoms with E-state index in [1.54, 1.807) is 36.4 Å². The van der Waals surface area contributed by atoms with Gasteiger partial charge in [-0.05, 0) is 208 Å². The number of alkyl halides is 3. The number of hydrogen-bond acceptors (Lipinski definition) is 17. The average Bonchev–Trinajstić information content (AvgIpc) is 1.66. The molecule has 114 heavy (non-hydrogen) atoms. The fourth-order valence-electron chi connectivity index (χ4n) is 12.7. The molecule has 0 aliphatic heterocycles. The second-order valence-corrected chi connectivity index (χ2v) is 25.5. The molecule has 0 unspecified atom stereocenters. The third-order valence-electron chi connectivity index (χ3n) is 18.2. The number of halogens is 4. The first kappa shape index (κ1) is 74.2. The molecule has 9 heterocycles. The molecule has 9 aromatic heterocycles. The van der Waals surface area contributed by atoms with Gasteiger partial charge in [-0.25, -0.2) is 24.3 Å². The second-order valence-electron chi connectivity index (χ2n) is 25.5. The molecule has 0 aliphatic carbocycles. The minimum Gasteiger partial charge on any atom is -0.494 e. The van der Waals surface area contributed by atoms with E-state index in [0.29, 0.717) is 41.7 Å². The summed E-state index contributed by atoms with van der Waals surface area (Å²) in [5.74, 6) is 4.27. The third kappa shape index (κ3) is 16.8. The summed E-state index contributed by atoms with van der Waals surface area (Å²) >= 11 is 0. The SMILES string of the molecule is CCOc1ccc(-c2n[nH]c3ccc(-c4ncn[nH]4)cc23)cc1.CCOc1ccc(-c2n[nH]c3ccc(C(N)=O)cc23)cc1.CCc1cccc(-c2n[nH]c3ccc(-c4ncn[nH]4)cc23)c1.CCc1nc(-c2ccc3[nH]nc(-c4ccc(F)cc4)c3c2)n[nH]1.FC(F)(F)Oc1cccc(-c2n[nH]c3ccc(-c4ncn[nH]4)cc23)c1. The van der Waals surface area contributed by atoms with Crippen LogP contribution in [0.25, 0.3) is 156 Å². The van der Waals surface area contributed by atoms with Crippen LogP contribution in [0.5, 0.6) is 17.2 Å². The van der Waals surface area contributed by atoms with Crippen molar-refractivity contribution in [3.05, 3.63) is 254 Å². The fraction of sp³-hybridized carbons (Fsp3) is 0.108. The van der Waals surface area contributed by atoms with E-state index in [9.17, 15) is 22.4 Å².